The van der Waals surface area contributed by atoms with Crippen molar-refractivity contribution in [3.05, 3.63) is 102 Å². The molecule has 1 heterocycles. The molecular formula is C28H27NO3. The van der Waals surface area contributed by atoms with Crippen LogP contribution in [0.25, 0.3) is 22.6 Å². The molecule has 1 aromatic heterocycles. The minimum absolute atomic E-state index is 0.168. The fraction of sp³-hybridized carbons (Fsp3) is 0.214. The van der Waals surface area contributed by atoms with Crippen molar-refractivity contribution >= 4 is 5.97 Å². The van der Waals surface area contributed by atoms with Gasteiger partial charge in [-0.05, 0) is 55.0 Å². The second kappa shape index (κ2) is 10.6. The number of aryl methyl sites for hydroxylation is 1. The summed E-state index contributed by atoms with van der Waals surface area (Å²) in [6.45, 7) is 2.22. The van der Waals surface area contributed by atoms with Gasteiger partial charge in [0.05, 0.1) is 18.2 Å². The Balaban J connectivity index is 1.38. The summed E-state index contributed by atoms with van der Waals surface area (Å²) in [5.41, 5.74) is 5.17. The number of carbonyl (C=O) groups excluding carboxylic acids is 1. The van der Waals surface area contributed by atoms with E-state index in [4.69, 9.17) is 9.15 Å². The Labute approximate surface area is 188 Å². The van der Waals surface area contributed by atoms with Crippen LogP contribution < -0.4 is 0 Å². The van der Waals surface area contributed by atoms with E-state index in [2.05, 4.69) is 29.2 Å². The zero-order chi connectivity index (χ0) is 22.2. The third kappa shape index (κ3) is 5.33. The standard InChI is InChI=1S/C28H27NO3/c1-2-31-28(30)26(23-12-7-4-8-13-23)15-9-14-25-20-32-27(29-25)24-18-16-22(17-19-24)21-10-5-3-6-11-21/h3-8,10-13,16-20,26H,2,9,14-15H2,1H3. The Hall–Kier alpha value is -3.66. The summed E-state index contributed by atoms with van der Waals surface area (Å²) in [5.74, 6) is 0.190. The fourth-order valence-corrected chi connectivity index (χ4v) is 3.83. The van der Waals surface area contributed by atoms with E-state index in [0.717, 1.165) is 35.2 Å². The van der Waals surface area contributed by atoms with E-state index in [1.807, 2.05) is 67.6 Å². The van der Waals surface area contributed by atoms with Crippen molar-refractivity contribution in [2.24, 2.45) is 0 Å². The number of hydrogen-bond acceptors (Lipinski definition) is 4. The lowest BCUT2D eigenvalue weighted by atomic mass is 9.93. The largest absolute Gasteiger partial charge is 0.466 e. The third-order valence-electron chi connectivity index (χ3n) is 5.49. The first-order valence-corrected chi connectivity index (χ1v) is 11.1. The second-order valence-corrected chi connectivity index (χ2v) is 7.69. The van der Waals surface area contributed by atoms with Gasteiger partial charge in [-0.25, -0.2) is 4.98 Å². The molecule has 1 unspecified atom stereocenters. The Morgan fingerprint density at radius 1 is 0.875 bits per heavy atom. The summed E-state index contributed by atoms with van der Waals surface area (Å²) in [7, 11) is 0. The van der Waals surface area contributed by atoms with Gasteiger partial charge in [0.2, 0.25) is 5.89 Å². The molecule has 0 aliphatic carbocycles. The SMILES string of the molecule is CCOC(=O)C(CCCc1coc(-c2ccc(-c3ccccc3)cc2)n1)c1ccccc1. The molecule has 4 aromatic rings. The van der Waals surface area contributed by atoms with Gasteiger partial charge in [-0.3, -0.25) is 4.79 Å². The highest BCUT2D eigenvalue weighted by molar-refractivity contribution is 5.78. The summed E-state index contributed by atoms with van der Waals surface area (Å²) in [4.78, 5) is 17.1. The number of ether oxygens (including phenoxy) is 1. The van der Waals surface area contributed by atoms with Crippen LogP contribution in [0.3, 0.4) is 0 Å². The van der Waals surface area contributed by atoms with Gasteiger partial charge in [0.1, 0.15) is 6.26 Å². The van der Waals surface area contributed by atoms with Crippen LogP contribution in [0.15, 0.2) is 95.6 Å². The van der Waals surface area contributed by atoms with Gasteiger partial charge in [-0.15, -0.1) is 0 Å². The first-order valence-electron chi connectivity index (χ1n) is 11.1. The molecule has 0 spiro atoms. The van der Waals surface area contributed by atoms with E-state index in [1.54, 1.807) is 6.26 Å². The highest BCUT2D eigenvalue weighted by Gasteiger charge is 2.21. The second-order valence-electron chi connectivity index (χ2n) is 7.69. The fourth-order valence-electron chi connectivity index (χ4n) is 3.83. The molecule has 0 amide bonds. The van der Waals surface area contributed by atoms with E-state index in [1.165, 1.54) is 5.56 Å². The maximum absolute atomic E-state index is 12.4. The lowest BCUT2D eigenvalue weighted by Crippen LogP contribution is -2.16. The van der Waals surface area contributed by atoms with Gasteiger partial charge < -0.3 is 9.15 Å². The lowest BCUT2D eigenvalue weighted by Gasteiger charge is -2.15. The average Bonchev–Trinajstić information content (AvgIpc) is 3.32. The molecule has 32 heavy (non-hydrogen) atoms. The van der Waals surface area contributed by atoms with E-state index in [-0.39, 0.29) is 11.9 Å². The molecule has 0 saturated carbocycles. The summed E-state index contributed by atoms with van der Waals surface area (Å²) >= 11 is 0. The molecule has 4 nitrogen and oxygen atoms in total. The smallest absolute Gasteiger partial charge is 0.313 e. The van der Waals surface area contributed by atoms with Crippen LogP contribution in [-0.4, -0.2) is 17.6 Å². The van der Waals surface area contributed by atoms with Crippen molar-refractivity contribution in [2.45, 2.75) is 32.1 Å². The molecule has 0 radical (unpaired) electrons. The van der Waals surface area contributed by atoms with Gasteiger partial charge in [-0.2, -0.15) is 0 Å². The first kappa shape index (κ1) is 21.6. The minimum atomic E-state index is -0.256. The number of benzene rings is 3. The van der Waals surface area contributed by atoms with E-state index >= 15 is 0 Å². The van der Waals surface area contributed by atoms with Crippen LogP contribution in [-0.2, 0) is 16.0 Å². The van der Waals surface area contributed by atoms with Crippen molar-refractivity contribution in [1.29, 1.82) is 0 Å². The number of nitrogens with zero attached hydrogens (tertiary/aromatic N) is 1. The lowest BCUT2D eigenvalue weighted by molar-refractivity contribution is -0.145. The van der Waals surface area contributed by atoms with Gasteiger partial charge in [-0.1, -0.05) is 72.8 Å². The van der Waals surface area contributed by atoms with Crippen LogP contribution in [0.2, 0.25) is 0 Å². The highest BCUT2D eigenvalue weighted by Crippen LogP contribution is 2.26. The molecule has 0 saturated heterocycles. The number of hydrogen-bond donors (Lipinski definition) is 0. The zero-order valence-corrected chi connectivity index (χ0v) is 18.2. The molecule has 3 aromatic carbocycles. The monoisotopic (exact) mass is 425 g/mol. The highest BCUT2D eigenvalue weighted by atomic mass is 16.5. The third-order valence-corrected chi connectivity index (χ3v) is 5.49. The molecule has 0 N–H and O–H groups in total. The maximum atomic E-state index is 12.4. The van der Waals surface area contributed by atoms with E-state index < -0.39 is 0 Å². The quantitative estimate of drug-likeness (QED) is 0.281. The van der Waals surface area contributed by atoms with Gasteiger partial charge >= 0.3 is 5.97 Å². The first-order chi connectivity index (χ1) is 15.7. The van der Waals surface area contributed by atoms with Crippen molar-refractivity contribution < 1.29 is 13.9 Å². The molecule has 4 rings (SSSR count). The van der Waals surface area contributed by atoms with Crippen LogP contribution in [0.5, 0.6) is 0 Å². The summed E-state index contributed by atoms with van der Waals surface area (Å²) < 4.78 is 11.0. The number of rotatable bonds is 9. The summed E-state index contributed by atoms with van der Waals surface area (Å²) in [6, 6.07) is 28.3. The number of oxazole rings is 1. The molecule has 0 fully saturated rings. The molecular weight excluding hydrogens is 398 g/mol. The van der Waals surface area contributed by atoms with Crippen molar-refractivity contribution in [2.75, 3.05) is 6.61 Å². The van der Waals surface area contributed by atoms with Crippen LogP contribution >= 0.6 is 0 Å². The van der Waals surface area contributed by atoms with Crippen LogP contribution in [0, 0.1) is 0 Å². The Bertz CT molecular complexity index is 1120. The predicted octanol–water partition coefficient (Wildman–Crippen LogP) is 6.68. The number of carbonyl (C=O) groups is 1. The molecule has 4 heteroatoms. The molecule has 0 aliphatic heterocycles. The maximum Gasteiger partial charge on any atom is 0.313 e. The topological polar surface area (TPSA) is 52.3 Å². The summed E-state index contributed by atoms with van der Waals surface area (Å²) in [6.07, 6.45) is 3.98. The van der Waals surface area contributed by atoms with Gasteiger partial charge in [0.25, 0.3) is 0 Å². The molecule has 0 bridgehead atoms. The van der Waals surface area contributed by atoms with Gasteiger partial charge in [0.15, 0.2) is 0 Å². The number of aromatic nitrogens is 1. The van der Waals surface area contributed by atoms with Crippen molar-refractivity contribution in [3.63, 3.8) is 0 Å². The van der Waals surface area contributed by atoms with Crippen molar-refractivity contribution in [3.8, 4) is 22.6 Å². The predicted molar refractivity (Wildman–Crippen MR) is 126 cm³/mol. The van der Waals surface area contributed by atoms with E-state index in [9.17, 15) is 4.79 Å². The normalized spacial score (nSPS) is 11.8. The Morgan fingerprint density at radius 3 is 2.19 bits per heavy atom. The van der Waals surface area contributed by atoms with Crippen molar-refractivity contribution in [1.82, 2.24) is 4.98 Å². The van der Waals surface area contributed by atoms with E-state index in [0.29, 0.717) is 18.9 Å². The molecule has 0 aliphatic rings. The average molecular weight is 426 g/mol. The molecule has 162 valence electrons. The Kier molecular flexibility index (Phi) is 7.13. The van der Waals surface area contributed by atoms with Gasteiger partial charge in [0, 0.05) is 5.56 Å². The Morgan fingerprint density at radius 2 is 1.50 bits per heavy atom. The van der Waals surface area contributed by atoms with Crippen LogP contribution in [0.4, 0.5) is 0 Å². The molecule has 1 atom stereocenters. The minimum Gasteiger partial charge on any atom is -0.466 e. The van der Waals surface area contributed by atoms with Crippen LogP contribution in [0.1, 0.15) is 36.9 Å². The number of esters is 1. The zero-order valence-electron chi connectivity index (χ0n) is 18.2. The summed E-state index contributed by atoms with van der Waals surface area (Å²) in [5, 5.41) is 0.